The van der Waals surface area contributed by atoms with Crippen molar-refractivity contribution in [1.29, 1.82) is 0 Å². The summed E-state index contributed by atoms with van der Waals surface area (Å²) in [6, 6.07) is 0. The molecule has 0 aliphatic heterocycles. The maximum atomic E-state index is 3.97. The lowest BCUT2D eigenvalue weighted by molar-refractivity contribution is 0.589. The molecule has 62 valence electrons. The third kappa shape index (κ3) is 2.15. The van der Waals surface area contributed by atoms with Crippen LogP contribution in [0.4, 0.5) is 0 Å². The minimum atomic E-state index is 0.667. The quantitative estimate of drug-likeness (QED) is 0.761. The number of halogens is 1. The topological polar surface area (TPSA) is 30.7 Å². The van der Waals surface area contributed by atoms with Crippen LogP contribution in [-0.2, 0) is 13.5 Å². The molecule has 0 radical (unpaired) electrons. The van der Waals surface area contributed by atoms with Crippen molar-refractivity contribution in [3.63, 3.8) is 0 Å². The summed E-state index contributed by atoms with van der Waals surface area (Å²) in [6.45, 7) is 4.39. The molecule has 0 amide bonds. The molecule has 0 atom stereocenters. The van der Waals surface area contributed by atoms with Crippen LogP contribution in [0.1, 0.15) is 19.5 Å². The van der Waals surface area contributed by atoms with Crippen LogP contribution >= 0.6 is 22.6 Å². The van der Waals surface area contributed by atoms with Crippen LogP contribution in [0, 0.1) is 9.62 Å². The molecule has 0 unspecified atom stereocenters. The van der Waals surface area contributed by atoms with Crippen LogP contribution in [0.15, 0.2) is 0 Å². The Labute approximate surface area is 80.3 Å². The average molecular weight is 265 g/mol. The summed E-state index contributed by atoms with van der Waals surface area (Å²) in [7, 11) is 1.94. The van der Waals surface area contributed by atoms with Gasteiger partial charge in [-0.1, -0.05) is 19.1 Å². The Hall–Kier alpha value is -0.130. The SMILES string of the molecule is CC(C)Cc1c(I)nnn1C. The van der Waals surface area contributed by atoms with Gasteiger partial charge in [-0.15, -0.1) is 5.10 Å². The van der Waals surface area contributed by atoms with E-state index in [9.17, 15) is 0 Å². The van der Waals surface area contributed by atoms with Crippen LogP contribution in [0.3, 0.4) is 0 Å². The van der Waals surface area contributed by atoms with Crippen molar-refractivity contribution < 1.29 is 0 Å². The molecule has 1 aromatic heterocycles. The summed E-state index contributed by atoms with van der Waals surface area (Å²) in [4.78, 5) is 0. The molecule has 0 spiro atoms. The molecule has 0 aromatic carbocycles. The molecule has 0 saturated carbocycles. The Kier molecular flexibility index (Phi) is 2.86. The van der Waals surface area contributed by atoms with Gasteiger partial charge >= 0.3 is 0 Å². The lowest BCUT2D eigenvalue weighted by Crippen LogP contribution is -2.03. The maximum Gasteiger partial charge on any atom is 0.146 e. The Morgan fingerprint density at radius 3 is 2.55 bits per heavy atom. The first kappa shape index (κ1) is 8.96. The number of nitrogens with zero attached hydrogens (tertiary/aromatic N) is 3. The second kappa shape index (κ2) is 3.51. The summed E-state index contributed by atoms with van der Waals surface area (Å²) >= 11 is 2.22. The highest BCUT2D eigenvalue weighted by Gasteiger charge is 2.08. The zero-order chi connectivity index (χ0) is 8.43. The number of rotatable bonds is 2. The van der Waals surface area contributed by atoms with E-state index < -0.39 is 0 Å². The molecule has 0 saturated heterocycles. The molecule has 4 heteroatoms. The predicted molar refractivity (Wildman–Crippen MR) is 52.3 cm³/mol. The van der Waals surface area contributed by atoms with Gasteiger partial charge in [0, 0.05) is 7.05 Å². The first-order valence-corrected chi connectivity index (χ1v) is 4.73. The number of aryl methyl sites for hydroxylation is 1. The summed E-state index contributed by atoms with van der Waals surface area (Å²) in [5, 5.41) is 7.90. The zero-order valence-corrected chi connectivity index (χ0v) is 9.16. The molecule has 1 aromatic rings. The predicted octanol–water partition coefficient (Wildman–Crippen LogP) is 1.62. The van der Waals surface area contributed by atoms with E-state index in [-0.39, 0.29) is 0 Å². The molecule has 0 aliphatic carbocycles. The van der Waals surface area contributed by atoms with Gasteiger partial charge in [-0.2, -0.15) is 0 Å². The van der Waals surface area contributed by atoms with Crippen molar-refractivity contribution >= 4 is 22.6 Å². The van der Waals surface area contributed by atoms with Gasteiger partial charge < -0.3 is 0 Å². The molecule has 0 N–H and O–H groups in total. The fraction of sp³-hybridized carbons (Fsp3) is 0.714. The highest BCUT2D eigenvalue weighted by atomic mass is 127. The molecule has 1 heterocycles. The van der Waals surface area contributed by atoms with Gasteiger partial charge in [0.25, 0.3) is 0 Å². The summed E-state index contributed by atoms with van der Waals surface area (Å²) < 4.78 is 2.88. The zero-order valence-electron chi connectivity index (χ0n) is 7.00. The normalized spacial score (nSPS) is 11.0. The van der Waals surface area contributed by atoms with Crippen LogP contribution in [0.2, 0.25) is 0 Å². The summed E-state index contributed by atoms with van der Waals surface area (Å²) in [5.74, 6) is 0.667. The van der Waals surface area contributed by atoms with E-state index in [0.717, 1.165) is 10.1 Å². The molecule has 1 rings (SSSR count). The standard InChI is InChI=1S/C7H12IN3/c1-5(2)4-6-7(8)9-10-11(6)3/h5H,4H2,1-3H3. The van der Waals surface area contributed by atoms with Gasteiger partial charge in [-0.25, -0.2) is 0 Å². The molecular formula is C7H12IN3. The van der Waals surface area contributed by atoms with E-state index in [1.54, 1.807) is 0 Å². The minimum absolute atomic E-state index is 0.667. The molecule has 3 nitrogen and oxygen atoms in total. The first-order valence-electron chi connectivity index (χ1n) is 3.65. The Bertz CT molecular complexity index is 222. The molecule has 0 fully saturated rings. The van der Waals surface area contributed by atoms with Crippen molar-refractivity contribution in [3.05, 3.63) is 9.39 Å². The average Bonchev–Trinajstić information content (AvgIpc) is 2.18. The summed E-state index contributed by atoms with van der Waals surface area (Å²) in [6.07, 6.45) is 1.06. The van der Waals surface area contributed by atoms with Gasteiger partial charge in [0.05, 0.1) is 5.69 Å². The van der Waals surface area contributed by atoms with Crippen LogP contribution in [0.25, 0.3) is 0 Å². The van der Waals surface area contributed by atoms with Crippen molar-refractivity contribution in [2.24, 2.45) is 13.0 Å². The van der Waals surface area contributed by atoms with Gasteiger partial charge in [0.2, 0.25) is 0 Å². The Balaban J connectivity index is 2.83. The lowest BCUT2D eigenvalue weighted by atomic mass is 10.1. The van der Waals surface area contributed by atoms with Crippen LogP contribution in [-0.4, -0.2) is 15.0 Å². The van der Waals surface area contributed by atoms with E-state index in [1.165, 1.54) is 5.69 Å². The number of hydrogen-bond donors (Lipinski definition) is 0. The smallest absolute Gasteiger partial charge is 0.146 e. The Morgan fingerprint density at radius 1 is 1.55 bits per heavy atom. The number of aromatic nitrogens is 3. The molecular weight excluding hydrogens is 253 g/mol. The van der Waals surface area contributed by atoms with Crippen LogP contribution in [0.5, 0.6) is 0 Å². The lowest BCUT2D eigenvalue weighted by Gasteiger charge is -2.03. The van der Waals surface area contributed by atoms with E-state index in [2.05, 4.69) is 46.8 Å². The van der Waals surface area contributed by atoms with Gasteiger partial charge in [-0.3, -0.25) is 4.68 Å². The second-order valence-corrected chi connectivity index (χ2v) is 4.07. The minimum Gasteiger partial charge on any atom is -0.251 e. The van der Waals surface area contributed by atoms with Gasteiger partial charge in [0.1, 0.15) is 3.70 Å². The largest absolute Gasteiger partial charge is 0.251 e. The van der Waals surface area contributed by atoms with E-state index in [1.807, 2.05) is 11.7 Å². The van der Waals surface area contributed by atoms with Crippen molar-refractivity contribution in [1.82, 2.24) is 15.0 Å². The molecule has 11 heavy (non-hydrogen) atoms. The highest BCUT2D eigenvalue weighted by Crippen LogP contribution is 2.11. The van der Waals surface area contributed by atoms with Gasteiger partial charge in [0.15, 0.2) is 0 Å². The van der Waals surface area contributed by atoms with Crippen molar-refractivity contribution in [3.8, 4) is 0 Å². The van der Waals surface area contributed by atoms with E-state index in [0.29, 0.717) is 5.92 Å². The fourth-order valence-electron chi connectivity index (χ4n) is 0.955. The monoisotopic (exact) mass is 265 g/mol. The fourth-order valence-corrected chi connectivity index (χ4v) is 1.62. The third-order valence-corrected chi connectivity index (χ3v) is 2.34. The number of hydrogen-bond acceptors (Lipinski definition) is 2. The highest BCUT2D eigenvalue weighted by molar-refractivity contribution is 14.1. The maximum absolute atomic E-state index is 3.97. The third-order valence-electron chi connectivity index (χ3n) is 1.50. The van der Waals surface area contributed by atoms with Crippen LogP contribution < -0.4 is 0 Å². The van der Waals surface area contributed by atoms with Crippen molar-refractivity contribution in [2.45, 2.75) is 20.3 Å². The first-order chi connectivity index (χ1) is 5.11. The van der Waals surface area contributed by atoms with Crippen molar-refractivity contribution in [2.75, 3.05) is 0 Å². The summed E-state index contributed by atoms with van der Waals surface area (Å²) in [5.41, 5.74) is 1.24. The van der Waals surface area contributed by atoms with E-state index >= 15 is 0 Å². The van der Waals surface area contributed by atoms with Gasteiger partial charge in [-0.05, 0) is 34.9 Å². The molecule has 0 bridgehead atoms. The molecule has 0 aliphatic rings. The second-order valence-electron chi connectivity index (χ2n) is 3.05. The Morgan fingerprint density at radius 2 is 2.18 bits per heavy atom. The van der Waals surface area contributed by atoms with E-state index in [4.69, 9.17) is 0 Å².